The van der Waals surface area contributed by atoms with Gasteiger partial charge in [-0.1, -0.05) is 73.8 Å². The molecule has 5 heteroatoms. The summed E-state index contributed by atoms with van der Waals surface area (Å²) in [6.45, 7) is 14.5. The molecule has 32 heavy (non-hydrogen) atoms. The molecule has 0 nitrogen and oxygen atoms in total. The van der Waals surface area contributed by atoms with E-state index in [1.165, 1.54) is 40.3 Å². The van der Waals surface area contributed by atoms with Crippen LogP contribution >= 0.6 is 0 Å². The van der Waals surface area contributed by atoms with Gasteiger partial charge in [-0.15, -0.1) is 12.0 Å². The summed E-state index contributed by atoms with van der Waals surface area (Å²) in [5, 5.41) is 3.08. The SMILES string of the molecule is C[Si](C)(C)c1c[c-]c2c(c1)-c1cc([Si](C)(C)C)ccc1C2.[C-]1=CC=CC1.[Cl-].[Cl-].[Zr+2]=[C]1CC1. The standard InChI is InChI=1S/C19H25Si2.C5H5.C3H4.2ClH.Zr/c1-20(2,3)16-9-7-14-11-15-8-10-17(21(4,5)6)13-19(15)18(14)12-16;1-2-4-5-3-1;1-2-3-1;;;/h7,9-10,12-13H,11H2,1-6H3;1-3H,4H2;1-2H2;2*1H;/q2*-1;;;;+2/p-2. The molecule has 1 fully saturated rings. The molecule has 0 heterocycles. The van der Waals surface area contributed by atoms with Gasteiger partial charge in [-0.3, -0.25) is 6.08 Å². The predicted octanol–water partition coefficient (Wildman–Crippen LogP) is -0.0385. The van der Waals surface area contributed by atoms with Gasteiger partial charge in [0.2, 0.25) is 0 Å². The van der Waals surface area contributed by atoms with Crippen molar-refractivity contribution in [1.82, 2.24) is 0 Å². The third-order valence-corrected chi connectivity index (χ3v) is 10.9. The van der Waals surface area contributed by atoms with Crippen LogP contribution in [-0.4, -0.2) is 19.4 Å². The Labute approximate surface area is 225 Å². The Hall–Kier alpha value is -0.313. The first-order chi connectivity index (χ1) is 14.1. The molecule has 0 aromatic heterocycles. The first-order valence-electron chi connectivity index (χ1n) is 11.0. The zero-order valence-corrected chi connectivity index (χ0v) is 26.2. The molecule has 0 radical (unpaired) electrons. The second-order valence-corrected chi connectivity index (χ2v) is 22.3. The van der Waals surface area contributed by atoms with Crippen molar-refractivity contribution in [2.75, 3.05) is 0 Å². The van der Waals surface area contributed by atoms with Gasteiger partial charge in [0.1, 0.15) is 0 Å². The van der Waals surface area contributed by atoms with Crippen molar-refractivity contribution in [2.45, 2.75) is 65.0 Å². The van der Waals surface area contributed by atoms with E-state index in [-0.39, 0.29) is 24.8 Å². The molecule has 0 unspecified atom stereocenters. The van der Waals surface area contributed by atoms with E-state index in [0.717, 1.165) is 12.8 Å². The summed E-state index contributed by atoms with van der Waals surface area (Å²) in [5.41, 5.74) is 5.79. The topological polar surface area (TPSA) is 0 Å². The molecule has 0 saturated heterocycles. The monoisotopic (exact) mass is 574 g/mol. The van der Waals surface area contributed by atoms with E-state index in [2.05, 4.69) is 87.8 Å². The molecule has 3 aliphatic rings. The average Bonchev–Trinajstić information content (AvgIpc) is 3.15. The van der Waals surface area contributed by atoms with Gasteiger partial charge in [-0.05, 0) is 6.42 Å². The fourth-order valence-corrected chi connectivity index (χ4v) is 5.94. The van der Waals surface area contributed by atoms with Gasteiger partial charge in [0.05, 0.1) is 8.07 Å². The Morgan fingerprint density at radius 3 is 1.88 bits per heavy atom. The number of hydrogen-bond donors (Lipinski definition) is 0. The van der Waals surface area contributed by atoms with Crippen LogP contribution in [-0.2, 0) is 30.7 Å². The molecule has 170 valence electrons. The zero-order valence-electron chi connectivity index (χ0n) is 20.2. The molecule has 1 saturated carbocycles. The van der Waals surface area contributed by atoms with Crippen molar-refractivity contribution in [2.24, 2.45) is 0 Å². The fraction of sp³-hybridized carbons (Fsp3) is 0.370. The Kier molecular flexibility index (Phi) is 11.5. The summed E-state index contributed by atoms with van der Waals surface area (Å²) < 4.78 is 1.76. The summed E-state index contributed by atoms with van der Waals surface area (Å²) in [5.74, 6) is 0. The molecule has 0 amide bonds. The van der Waals surface area contributed by atoms with E-state index in [4.69, 9.17) is 0 Å². The molecular formula is C27H34Cl2Si2Zr-2. The minimum absolute atomic E-state index is 0. The van der Waals surface area contributed by atoms with Gasteiger partial charge in [-0.25, -0.2) is 12.2 Å². The minimum atomic E-state index is -1.27. The molecule has 5 rings (SSSR count). The van der Waals surface area contributed by atoms with Gasteiger partial charge < -0.3 is 24.8 Å². The number of halogens is 2. The van der Waals surface area contributed by atoms with Crippen molar-refractivity contribution in [3.63, 3.8) is 0 Å². The Balaban J connectivity index is 0.000000387. The van der Waals surface area contributed by atoms with Crippen LogP contribution < -0.4 is 35.2 Å². The van der Waals surface area contributed by atoms with E-state index < -0.39 is 16.1 Å². The molecule has 0 atom stereocenters. The summed E-state index contributed by atoms with van der Waals surface area (Å²) in [4.78, 5) is 0. The van der Waals surface area contributed by atoms with E-state index in [1.54, 1.807) is 32.6 Å². The van der Waals surface area contributed by atoms with Crippen molar-refractivity contribution < 1.29 is 49.0 Å². The maximum atomic E-state index is 3.58. The maximum absolute atomic E-state index is 3.58. The number of benzene rings is 2. The van der Waals surface area contributed by atoms with Gasteiger partial charge in [0, 0.05) is 8.07 Å². The van der Waals surface area contributed by atoms with Gasteiger partial charge in [0.15, 0.2) is 0 Å². The first-order valence-corrected chi connectivity index (χ1v) is 19.3. The second kappa shape index (κ2) is 12.4. The van der Waals surface area contributed by atoms with Crippen molar-refractivity contribution in [3.05, 3.63) is 71.8 Å². The Morgan fingerprint density at radius 2 is 1.44 bits per heavy atom. The molecule has 0 spiro atoms. The first kappa shape index (κ1) is 29.7. The average molecular weight is 577 g/mol. The molecule has 2 aromatic rings. The summed E-state index contributed by atoms with van der Waals surface area (Å²) >= 11 is 1.66. The molecule has 2 aromatic carbocycles. The van der Waals surface area contributed by atoms with Gasteiger partial charge >= 0.3 is 40.3 Å². The van der Waals surface area contributed by atoms with E-state index in [1.807, 2.05) is 12.2 Å². The van der Waals surface area contributed by atoms with E-state index >= 15 is 0 Å². The van der Waals surface area contributed by atoms with Crippen LogP contribution in [0.2, 0.25) is 39.3 Å². The number of fused-ring (bicyclic) bond motifs is 3. The van der Waals surface area contributed by atoms with E-state index in [0.29, 0.717) is 0 Å². The normalized spacial score (nSPS) is 14.7. The summed E-state index contributed by atoms with van der Waals surface area (Å²) in [6, 6.07) is 15.5. The Morgan fingerprint density at radius 1 is 0.844 bits per heavy atom. The number of hydrogen-bond acceptors (Lipinski definition) is 0. The Bertz CT molecular complexity index is 918. The van der Waals surface area contributed by atoms with Crippen molar-refractivity contribution in [3.8, 4) is 11.1 Å². The molecule has 3 aliphatic carbocycles. The third-order valence-electron chi connectivity index (χ3n) is 5.61. The quantitative estimate of drug-likeness (QED) is 0.297. The molecule has 0 bridgehead atoms. The van der Waals surface area contributed by atoms with Crippen molar-refractivity contribution in [1.29, 1.82) is 0 Å². The van der Waals surface area contributed by atoms with Crippen LogP contribution in [0.3, 0.4) is 0 Å². The van der Waals surface area contributed by atoms with Crippen LogP contribution in [0.15, 0.2) is 48.6 Å². The van der Waals surface area contributed by atoms with Crippen LogP contribution in [0.25, 0.3) is 11.1 Å². The van der Waals surface area contributed by atoms with E-state index in [9.17, 15) is 0 Å². The third kappa shape index (κ3) is 8.48. The van der Waals surface area contributed by atoms with Gasteiger partial charge in [0.25, 0.3) is 0 Å². The zero-order chi connectivity index (χ0) is 21.9. The summed E-state index contributed by atoms with van der Waals surface area (Å²) in [6.07, 6.45) is 13.9. The molecular weight excluding hydrogens is 543 g/mol. The predicted molar refractivity (Wildman–Crippen MR) is 135 cm³/mol. The second-order valence-electron chi connectivity index (χ2n) is 10.4. The van der Waals surface area contributed by atoms with Crippen LogP contribution in [0.1, 0.15) is 30.4 Å². The van der Waals surface area contributed by atoms with Gasteiger partial charge in [-0.2, -0.15) is 35.0 Å². The van der Waals surface area contributed by atoms with Crippen LogP contribution in [0.5, 0.6) is 0 Å². The molecule has 0 N–H and O–H groups in total. The summed E-state index contributed by atoms with van der Waals surface area (Å²) in [7, 11) is -2.52. The van der Waals surface area contributed by atoms with Crippen LogP contribution in [0.4, 0.5) is 0 Å². The van der Waals surface area contributed by atoms with Crippen molar-refractivity contribution >= 4 is 29.7 Å². The molecule has 0 aliphatic heterocycles. The van der Waals surface area contributed by atoms with Crippen LogP contribution in [0, 0.1) is 12.1 Å². The number of allylic oxidation sites excluding steroid dienone is 4. The number of rotatable bonds is 2. The fourth-order valence-electron chi connectivity index (χ4n) is 3.39.